The van der Waals surface area contributed by atoms with Crippen molar-refractivity contribution in [3.63, 3.8) is 0 Å². The number of amides is 1. The molecule has 0 spiro atoms. The molecule has 0 radical (unpaired) electrons. The normalized spacial score (nSPS) is 23.1. The molecule has 0 aliphatic carbocycles. The maximum atomic E-state index is 13.7. The highest BCUT2D eigenvalue weighted by molar-refractivity contribution is 6.31. The third-order valence-electron chi connectivity index (χ3n) is 5.27. The molecule has 2 bridgehead atoms. The highest BCUT2D eigenvalue weighted by Crippen LogP contribution is 2.30. The molecule has 136 valence electrons. The zero-order valence-corrected chi connectivity index (χ0v) is 15.2. The van der Waals surface area contributed by atoms with Crippen molar-refractivity contribution >= 4 is 17.5 Å². The number of rotatable bonds is 3. The van der Waals surface area contributed by atoms with Crippen LogP contribution >= 0.6 is 11.6 Å². The number of carbonyl (C=O) groups excluding carboxylic acids is 1. The number of fused-ring (bicyclic) bond motifs is 4. The fourth-order valence-electron chi connectivity index (χ4n) is 4.12. The van der Waals surface area contributed by atoms with E-state index in [-0.39, 0.29) is 17.0 Å². The summed E-state index contributed by atoms with van der Waals surface area (Å²) < 4.78 is 13.7. The first-order valence-electron chi connectivity index (χ1n) is 8.98. The molecule has 3 aliphatic heterocycles. The molecule has 26 heavy (non-hydrogen) atoms. The average Bonchev–Trinajstić information content (AvgIpc) is 2.91. The molecule has 1 aromatic heterocycles. The minimum Gasteiger partial charge on any atom is -0.334 e. The van der Waals surface area contributed by atoms with Crippen LogP contribution in [-0.4, -0.2) is 46.4 Å². The van der Waals surface area contributed by atoms with E-state index in [1.54, 1.807) is 6.07 Å². The quantitative estimate of drug-likeness (QED) is 0.824. The van der Waals surface area contributed by atoms with Crippen LogP contribution in [0.2, 0.25) is 5.02 Å². The van der Waals surface area contributed by atoms with Gasteiger partial charge in [0, 0.05) is 49.0 Å². The highest BCUT2D eigenvalue weighted by Gasteiger charge is 2.37. The van der Waals surface area contributed by atoms with Crippen LogP contribution in [0.3, 0.4) is 0 Å². The molecule has 3 saturated heterocycles. The first-order valence-corrected chi connectivity index (χ1v) is 9.35. The Morgan fingerprint density at radius 3 is 2.85 bits per heavy atom. The lowest BCUT2D eigenvalue weighted by Gasteiger charge is -2.36. The van der Waals surface area contributed by atoms with E-state index in [9.17, 15) is 9.18 Å². The summed E-state index contributed by atoms with van der Waals surface area (Å²) in [5.41, 5.74) is 1.38. The van der Waals surface area contributed by atoms with E-state index in [2.05, 4.69) is 9.88 Å². The second-order valence-corrected chi connectivity index (χ2v) is 7.66. The second kappa shape index (κ2) is 7.33. The van der Waals surface area contributed by atoms with Gasteiger partial charge in [-0.3, -0.25) is 14.7 Å². The van der Waals surface area contributed by atoms with E-state index in [0.717, 1.165) is 44.7 Å². The minimum atomic E-state index is -0.474. The number of benzene rings is 1. The molecule has 2 aromatic rings. The van der Waals surface area contributed by atoms with Crippen LogP contribution in [0.4, 0.5) is 4.39 Å². The molecule has 3 fully saturated rings. The number of halogens is 2. The summed E-state index contributed by atoms with van der Waals surface area (Å²) in [4.78, 5) is 21.7. The first kappa shape index (κ1) is 17.4. The summed E-state index contributed by atoms with van der Waals surface area (Å²) >= 11 is 5.93. The fourth-order valence-corrected chi connectivity index (χ4v) is 4.34. The number of carbonyl (C=O) groups is 1. The fraction of sp³-hybridized carbons (Fsp3) is 0.400. The topological polar surface area (TPSA) is 36.4 Å². The van der Waals surface area contributed by atoms with Crippen LogP contribution in [0.5, 0.6) is 0 Å². The van der Waals surface area contributed by atoms with Crippen LogP contribution in [0.25, 0.3) is 0 Å². The molecule has 5 rings (SSSR count). The first-order chi connectivity index (χ1) is 12.6. The van der Waals surface area contributed by atoms with Gasteiger partial charge in [0.25, 0.3) is 5.91 Å². The standard InChI is InChI=1S/C20H21ClFN3O/c21-16-7-15(8-17(22)9-16)20(26)25-11-14-4-5-19(25)13-24(10-14)12-18-3-1-2-6-23-18/h1-3,6-9,14,19H,4-5,10-13H2/t14-,19+/m0/s1. The summed E-state index contributed by atoms with van der Waals surface area (Å²) in [7, 11) is 0. The molecule has 4 heterocycles. The molecule has 2 atom stereocenters. The summed E-state index contributed by atoms with van der Waals surface area (Å²) in [6.07, 6.45) is 3.92. The van der Waals surface area contributed by atoms with Crippen LogP contribution < -0.4 is 0 Å². The summed E-state index contributed by atoms with van der Waals surface area (Å²) in [6, 6.07) is 10.1. The Balaban J connectivity index is 1.52. The van der Waals surface area contributed by atoms with Gasteiger partial charge in [0.2, 0.25) is 0 Å². The molecule has 3 aliphatic rings. The van der Waals surface area contributed by atoms with Gasteiger partial charge >= 0.3 is 0 Å². The molecular weight excluding hydrogens is 353 g/mol. The van der Waals surface area contributed by atoms with E-state index in [0.29, 0.717) is 11.5 Å². The maximum Gasteiger partial charge on any atom is 0.254 e. The number of nitrogens with zero attached hydrogens (tertiary/aromatic N) is 3. The van der Waals surface area contributed by atoms with E-state index in [4.69, 9.17) is 11.6 Å². The second-order valence-electron chi connectivity index (χ2n) is 7.23. The van der Waals surface area contributed by atoms with Gasteiger partial charge in [0.1, 0.15) is 5.82 Å². The van der Waals surface area contributed by atoms with Gasteiger partial charge in [-0.05, 0) is 49.1 Å². The van der Waals surface area contributed by atoms with Gasteiger partial charge in [0.15, 0.2) is 0 Å². The maximum absolute atomic E-state index is 13.7. The summed E-state index contributed by atoms with van der Waals surface area (Å²) in [5, 5.41) is 0.255. The third-order valence-corrected chi connectivity index (χ3v) is 5.49. The molecule has 6 heteroatoms. The smallest absolute Gasteiger partial charge is 0.254 e. The summed E-state index contributed by atoms with van der Waals surface area (Å²) in [5.74, 6) is -0.163. The Hall–Kier alpha value is -1.98. The van der Waals surface area contributed by atoms with Crippen LogP contribution in [0.1, 0.15) is 28.9 Å². The Morgan fingerprint density at radius 2 is 2.08 bits per heavy atom. The molecule has 4 nitrogen and oxygen atoms in total. The molecule has 0 saturated carbocycles. The minimum absolute atomic E-state index is 0.124. The molecule has 1 aromatic carbocycles. The van der Waals surface area contributed by atoms with Crippen molar-refractivity contribution in [2.24, 2.45) is 5.92 Å². The lowest BCUT2D eigenvalue weighted by atomic mass is 9.94. The number of pyridine rings is 1. The molecular formula is C20H21ClFN3O. The zero-order chi connectivity index (χ0) is 18.1. The van der Waals surface area contributed by atoms with E-state index in [1.807, 2.05) is 29.3 Å². The van der Waals surface area contributed by atoms with Crippen molar-refractivity contribution in [1.29, 1.82) is 0 Å². The largest absolute Gasteiger partial charge is 0.334 e. The summed E-state index contributed by atoms with van der Waals surface area (Å²) in [6.45, 7) is 3.29. The van der Waals surface area contributed by atoms with Gasteiger partial charge in [-0.2, -0.15) is 0 Å². The van der Waals surface area contributed by atoms with Gasteiger partial charge in [0.05, 0.1) is 5.69 Å². The monoisotopic (exact) mass is 373 g/mol. The van der Waals surface area contributed by atoms with Crippen molar-refractivity contribution in [3.8, 4) is 0 Å². The lowest BCUT2D eigenvalue weighted by molar-refractivity contribution is 0.0584. The number of hydrogen-bond acceptors (Lipinski definition) is 3. The van der Waals surface area contributed by atoms with E-state index >= 15 is 0 Å². The molecule has 0 N–H and O–H groups in total. The van der Waals surface area contributed by atoms with Crippen LogP contribution in [0, 0.1) is 11.7 Å². The average molecular weight is 374 g/mol. The Morgan fingerprint density at radius 1 is 1.19 bits per heavy atom. The predicted octanol–water partition coefficient (Wildman–Crippen LogP) is 3.61. The molecule has 0 unspecified atom stereocenters. The van der Waals surface area contributed by atoms with Crippen molar-refractivity contribution in [2.75, 3.05) is 19.6 Å². The van der Waals surface area contributed by atoms with Crippen LogP contribution in [0.15, 0.2) is 42.6 Å². The van der Waals surface area contributed by atoms with Crippen molar-refractivity contribution < 1.29 is 9.18 Å². The van der Waals surface area contributed by atoms with Crippen molar-refractivity contribution in [1.82, 2.24) is 14.8 Å². The third kappa shape index (κ3) is 3.74. The zero-order valence-electron chi connectivity index (χ0n) is 14.4. The Kier molecular flexibility index (Phi) is 4.92. The number of hydrogen-bond donors (Lipinski definition) is 0. The van der Waals surface area contributed by atoms with Gasteiger partial charge < -0.3 is 4.90 Å². The lowest BCUT2D eigenvalue weighted by Crippen LogP contribution is -2.47. The SMILES string of the molecule is O=C(c1cc(F)cc(Cl)c1)N1C[C@H]2CC[C@@H]1CN(Cc1ccccn1)C2. The van der Waals surface area contributed by atoms with Gasteiger partial charge in [-0.25, -0.2) is 4.39 Å². The predicted molar refractivity (Wildman–Crippen MR) is 98.5 cm³/mol. The van der Waals surface area contributed by atoms with Gasteiger partial charge in [-0.15, -0.1) is 0 Å². The molecule has 1 amide bonds. The number of piperidine rings is 1. The van der Waals surface area contributed by atoms with Gasteiger partial charge in [-0.1, -0.05) is 17.7 Å². The van der Waals surface area contributed by atoms with Crippen LogP contribution in [-0.2, 0) is 6.54 Å². The van der Waals surface area contributed by atoms with E-state index < -0.39 is 5.82 Å². The van der Waals surface area contributed by atoms with E-state index in [1.165, 1.54) is 12.1 Å². The Bertz CT molecular complexity index is 781. The number of aromatic nitrogens is 1. The van der Waals surface area contributed by atoms with Crippen molar-refractivity contribution in [3.05, 3.63) is 64.7 Å². The Labute approximate surface area is 157 Å². The highest BCUT2D eigenvalue weighted by atomic mass is 35.5. The van der Waals surface area contributed by atoms with Crippen molar-refractivity contribution in [2.45, 2.75) is 25.4 Å².